The quantitative estimate of drug-likeness (QED) is 0.813. The molecule has 0 aliphatic heterocycles. The van der Waals surface area contributed by atoms with E-state index >= 15 is 0 Å². The second-order valence-corrected chi connectivity index (χ2v) is 5.08. The summed E-state index contributed by atoms with van der Waals surface area (Å²) >= 11 is 0. The second kappa shape index (κ2) is 4.52. The Kier molecular flexibility index (Phi) is 2.86. The van der Waals surface area contributed by atoms with E-state index in [9.17, 15) is 0 Å². The molecule has 3 rings (SSSR count). The molecule has 1 saturated carbocycles. The van der Waals surface area contributed by atoms with Crippen LogP contribution >= 0.6 is 0 Å². The van der Waals surface area contributed by atoms with Crippen LogP contribution in [0.15, 0.2) is 18.3 Å². The highest BCUT2D eigenvalue weighted by molar-refractivity contribution is 5.25. The van der Waals surface area contributed by atoms with Crippen LogP contribution in [0.5, 0.6) is 0 Å². The van der Waals surface area contributed by atoms with Crippen LogP contribution in [0.4, 0.5) is 0 Å². The van der Waals surface area contributed by atoms with E-state index in [0.29, 0.717) is 5.92 Å². The standard InChI is InChI=1S/C14H18N4/c1-10-9-14(16-11(2)15-10)18-8-7-13(17-18)12-5-3-4-6-12/h7-9,12H,3-6H2,1-2H3. The molecule has 0 saturated heterocycles. The van der Waals surface area contributed by atoms with Gasteiger partial charge in [-0.3, -0.25) is 0 Å². The van der Waals surface area contributed by atoms with Gasteiger partial charge < -0.3 is 0 Å². The minimum atomic E-state index is 0.648. The average molecular weight is 242 g/mol. The lowest BCUT2D eigenvalue weighted by molar-refractivity contribution is 0.674. The lowest BCUT2D eigenvalue weighted by Gasteiger charge is -2.05. The highest BCUT2D eigenvalue weighted by atomic mass is 15.3. The Morgan fingerprint density at radius 2 is 1.94 bits per heavy atom. The Labute approximate surface area is 107 Å². The van der Waals surface area contributed by atoms with Gasteiger partial charge in [0.1, 0.15) is 5.82 Å². The van der Waals surface area contributed by atoms with Gasteiger partial charge in [0.25, 0.3) is 0 Å². The van der Waals surface area contributed by atoms with Crippen LogP contribution in [0.1, 0.15) is 48.8 Å². The van der Waals surface area contributed by atoms with Gasteiger partial charge in [0, 0.05) is 23.9 Å². The zero-order valence-corrected chi connectivity index (χ0v) is 10.9. The van der Waals surface area contributed by atoms with Gasteiger partial charge in [0.2, 0.25) is 0 Å². The summed E-state index contributed by atoms with van der Waals surface area (Å²) in [6.07, 6.45) is 7.24. The first-order valence-corrected chi connectivity index (χ1v) is 6.60. The molecule has 4 heteroatoms. The zero-order valence-electron chi connectivity index (χ0n) is 10.9. The van der Waals surface area contributed by atoms with Crippen LogP contribution in [0, 0.1) is 13.8 Å². The molecule has 1 fully saturated rings. The monoisotopic (exact) mass is 242 g/mol. The Morgan fingerprint density at radius 3 is 2.67 bits per heavy atom. The maximum absolute atomic E-state index is 4.67. The van der Waals surface area contributed by atoms with Gasteiger partial charge in [-0.05, 0) is 32.8 Å². The normalized spacial score (nSPS) is 16.3. The van der Waals surface area contributed by atoms with Crippen molar-refractivity contribution in [2.24, 2.45) is 0 Å². The lowest BCUT2D eigenvalue weighted by Crippen LogP contribution is -2.04. The summed E-state index contributed by atoms with van der Waals surface area (Å²) in [5, 5.41) is 4.67. The second-order valence-electron chi connectivity index (χ2n) is 5.08. The zero-order chi connectivity index (χ0) is 12.5. The van der Waals surface area contributed by atoms with Crippen molar-refractivity contribution < 1.29 is 0 Å². The van der Waals surface area contributed by atoms with Crippen molar-refractivity contribution in [3.05, 3.63) is 35.5 Å². The molecule has 2 heterocycles. The van der Waals surface area contributed by atoms with Crippen LogP contribution in [0.25, 0.3) is 5.82 Å². The van der Waals surface area contributed by atoms with E-state index in [-0.39, 0.29) is 0 Å². The summed E-state index contributed by atoms with van der Waals surface area (Å²) < 4.78 is 1.87. The van der Waals surface area contributed by atoms with Gasteiger partial charge in [0.05, 0.1) is 5.69 Å². The number of hydrogen-bond donors (Lipinski definition) is 0. The molecule has 1 aliphatic rings. The Bertz CT molecular complexity index is 532. The predicted octanol–water partition coefficient (Wildman–Crippen LogP) is 2.94. The summed E-state index contributed by atoms with van der Waals surface area (Å²) in [5.41, 5.74) is 2.19. The molecule has 1 aliphatic carbocycles. The van der Waals surface area contributed by atoms with Gasteiger partial charge in [0.15, 0.2) is 5.82 Å². The van der Waals surface area contributed by atoms with Crippen molar-refractivity contribution in [2.75, 3.05) is 0 Å². The number of aryl methyl sites for hydroxylation is 2. The molecule has 0 spiro atoms. The molecule has 0 atom stereocenters. The molecule has 0 unspecified atom stereocenters. The van der Waals surface area contributed by atoms with E-state index in [4.69, 9.17) is 0 Å². The molecule has 0 aromatic carbocycles. The molecule has 2 aromatic rings. The third kappa shape index (κ3) is 2.15. The van der Waals surface area contributed by atoms with Gasteiger partial charge in [-0.15, -0.1) is 0 Å². The number of hydrogen-bond acceptors (Lipinski definition) is 3. The summed E-state index contributed by atoms with van der Waals surface area (Å²) in [6, 6.07) is 4.10. The molecule has 18 heavy (non-hydrogen) atoms. The fourth-order valence-corrected chi connectivity index (χ4v) is 2.72. The molecule has 0 bridgehead atoms. The van der Waals surface area contributed by atoms with Gasteiger partial charge in [-0.2, -0.15) is 5.10 Å². The first-order chi connectivity index (χ1) is 8.72. The molecule has 2 aromatic heterocycles. The Balaban J connectivity index is 1.92. The first kappa shape index (κ1) is 11.4. The van der Waals surface area contributed by atoms with E-state index in [2.05, 4.69) is 21.1 Å². The molecular formula is C14H18N4. The predicted molar refractivity (Wildman–Crippen MR) is 69.8 cm³/mol. The topological polar surface area (TPSA) is 43.6 Å². The number of rotatable bonds is 2. The van der Waals surface area contributed by atoms with Crippen LogP contribution in [0.3, 0.4) is 0 Å². The van der Waals surface area contributed by atoms with Crippen LogP contribution in [-0.2, 0) is 0 Å². The molecule has 0 amide bonds. The first-order valence-electron chi connectivity index (χ1n) is 6.60. The van der Waals surface area contributed by atoms with E-state index < -0.39 is 0 Å². The maximum atomic E-state index is 4.67. The third-order valence-electron chi connectivity index (χ3n) is 3.57. The summed E-state index contributed by atoms with van der Waals surface area (Å²) in [4.78, 5) is 8.73. The van der Waals surface area contributed by atoms with Crippen molar-refractivity contribution in [2.45, 2.75) is 45.4 Å². The van der Waals surface area contributed by atoms with E-state index in [1.807, 2.05) is 30.8 Å². The fraction of sp³-hybridized carbons (Fsp3) is 0.500. The number of nitrogens with zero attached hydrogens (tertiary/aromatic N) is 4. The SMILES string of the molecule is Cc1cc(-n2ccc(C3CCCC3)n2)nc(C)n1. The van der Waals surface area contributed by atoms with Gasteiger partial charge in [-0.1, -0.05) is 12.8 Å². The smallest absolute Gasteiger partial charge is 0.157 e. The van der Waals surface area contributed by atoms with E-state index in [0.717, 1.165) is 17.3 Å². The van der Waals surface area contributed by atoms with Crippen LogP contribution in [0.2, 0.25) is 0 Å². The van der Waals surface area contributed by atoms with Gasteiger partial charge >= 0.3 is 0 Å². The largest absolute Gasteiger partial charge is 0.238 e. The minimum Gasteiger partial charge on any atom is -0.238 e. The van der Waals surface area contributed by atoms with Crippen molar-refractivity contribution in [3.8, 4) is 5.82 Å². The van der Waals surface area contributed by atoms with Gasteiger partial charge in [-0.25, -0.2) is 14.6 Å². The fourth-order valence-electron chi connectivity index (χ4n) is 2.72. The maximum Gasteiger partial charge on any atom is 0.157 e. The van der Waals surface area contributed by atoms with E-state index in [1.165, 1.54) is 31.4 Å². The molecule has 4 nitrogen and oxygen atoms in total. The molecule has 0 N–H and O–H groups in total. The summed E-state index contributed by atoms with van der Waals surface area (Å²) in [6.45, 7) is 3.90. The number of aromatic nitrogens is 4. The van der Waals surface area contributed by atoms with E-state index in [1.54, 1.807) is 0 Å². The summed E-state index contributed by atoms with van der Waals surface area (Å²) in [7, 11) is 0. The Hall–Kier alpha value is -1.71. The Morgan fingerprint density at radius 1 is 1.17 bits per heavy atom. The summed E-state index contributed by atoms with van der Waals surface area (Å²) in [5.74, 6) is 2.31. The van der Waals surface area contributed by atoms with Crippen molar-refractivity contribution >= 4 is 0 Å². The molecule has 94 valence electrons. The minimum absolute atomic E-state index is 0.648. The highest BCUT2D eigenvalue weighted by Crippen LogP contribution is 2.33. The van der Waals surface area contributed by atoms with Crippen LogP contribution < -0.4 is 0 Å². The molecular weight excluding hydrogens is 224 g/mol. The highest BCUT2D eigenvalue weighted by Gasteiger charge is 2.19. The van der Waals surface area contributed by atoms with Crippen molar-refractivity contribution in [1.82, 2.24) is 19.7 Å². The molecule has 0 radical (unpaired) electrons. The van der Waals surface area contributed by atoms with Crippen molar-refractivity contribution in [1.29, 1.82) is 0 Å². The average Bonchev–Trinajstić information content (AvgIpc) is 2.99. The lowest BCUT2D eigenvalue weighted by atomic mass is 10.1. The van der Waals surface area contributed by atoms with Crippen molar-refractivity contribution in [3.63, 3.8) is 0 Å². The third-order valence-corrected chi connectivity index (χ3v) is 3.57. The van der Waals surface area contributed by atoms with Crippen LogP contribution in [-0.4, -0.2) is 19.7 Å².